The molecule has 3 heterocycles. The van der Waals surface area contributed by atoms with Gasteiger partial charge in [-0.1, -0.05) is 31.2 Å². The highest BCUT2D eigenvalue weighted by atomic mass is 16.2. The van der Waals surface area contributed by atoms with Crippen LogP contribution in [0.3, 0.4) is 0 Å². The summed E-state index contributed by atoms with van der Waals surface area (Å²) in [6.07, 6.45) is 3.84. The Morgan fingerprint density at radius 3 is 2.74 bits per heavy atom. The van der Waals surface area contributed by atoms with Gasteiger partial charge in [0, 0.05) is 31.6 Å². The molecule has 1 amide bonds. The molecule has 2 aliphatic heterocycles. The van der Waals surface area contributed by atoms with Crippen molar-refractivity contribution in [1.82, 2.24) is 30.7 Å². The number of fused-ring (bicyclic) bond motifs is 1. The molecule has 7 nitrogen and oxygen atoms in total. The van der Waals surface area contributed by atoms with Crippen LogP contribution in [0.2, 0.25) is 0 Å². The molecular formula is C20H30N6O. The van der Waals surface area contributed by atoms with Crippen molar-refractivity contribution in [3.63, 3.8) is 0 Å². The van der Waals surface area contributed by atoms with E-state index in [1.165, 1.54) is 6.42 Å². The standard InChI is InChI=1S/C20H30N6O/c1-14(2)17-13-18(22-21-17)15-7-10-25(11-8-15)20(27)9-12-26-19-6-4-3-5-16(19)23-24-26/h3-6,14-15,17-18,21-22H,7-13H2,1-2H3. The van der Waals surface area contributed by atoms with Gasteiger partial charge >= 0.3 is 0 Å². The number of aromatic nitrogens is 3. The third-order valence-electron chi connectivity index (χ3n) is 6.19. The molecule has 4 rings (SSSR count). The Bertz CT molecular complexity index is 780. The van der Waals surface area contributed by atoms with Crippen LogP contribution in [0, 0.1) is 11.8 Å². The predicted molar refractivity (Wildman–Crippen MR) is 105 cm³/mol. The van der Waals surface area contributed by atoms with Gasteiger partial charge in [-0.3, -0.25) is 15.6 Å². The van der Waals surface area contributed by atoms with Crippen molar-refractivity contribution in [3.05, 3.63) is 24.3 Å². The number of amides is 1. The Labute approximate surface area is 160 Å². The zero-order valence-corrected chi connectivity index (χ0v) is 16.3. The van der Waals surface area contributed by atoms with Crippen LogP contribution < -0.4 is 10.9 Å². The van der Waals surface area contributed by atoms with Crippen LogP contribution in [-0.4, -0.2) is 51.0 Å². The number of likely N-dealkylation sites (tertiary alicyclic amines) is 1. The van der Waals surface area contributed by atoms with Crippen LogP contribution >= 0.6 is 0 Å². The monoisotopic (exact) mass is 370 g/mol. The third kappa shape index (κ3) is 3.99. The van der Waals surface area contributed by atoms with Gasteiger partial charge in [-0.2, -0.15) is 0 Å². The summed E-state index contributed by atoms with van der Waals surface area (Å²) in [6.45, 7) is 6.85. The number of rotatable bonds is 5. The van der Waals surface area contributed by atoms with Crippen molar-refractivity contribution in [3.8, 4) is 0 Å². The van der Waals surface area contributed by atoms with E-state index < -0.39 is 0 Å². The molecular weight excluding hydrogens is 340 g/mol. The van der Waals surface area contributed by atoms with E-state index in [2.05, 4.69) is 35.0 Å². The Morgan fingerprint density at radius 2 is 2.00 bits per heavy atom. The fraction of sp³-hybridized carbons (Fsp3) is 0.650. The molecule has 27 heavy (non-hydrogen) atoms. The number of hydrogen-bond acceptors (Lipinski definition) is 5. The lowest BCUT2D eigenvalue weighted by Crippen LogP contribution is -2.45. The number of piperidine rings is 1. The summed E-state index contributed by atoms with van der Waals surface area (Å²) >= 11 is 0. The zero-order chi connectivity index (χ0) is 18.8. The van der Waals surface area contributed by atoms with E-state index in [9.17, 15) is 4.79 Å². The first kappa shape index (κ1) is 18.4. The summed E-state index contributed by atoms with van der Waals surface area (Å²) in [6, 6.07) is 8.97. The first-order valence-corrected chi connectivity index (χ1v) is 10.2. The van der Waals surface area contributed by atoms with Crippen molar-refractivity contribution in [2.24, 2.45) is 11.8 Å². The predicted octanol–water partition coefficient (Wildman–Crippen LogP) is 1.95. The summed E-state index contributed by atoms with van der Waals surface area (Å²) in [5, 5.41) is 8.34. The second-order valence-electron chi connectivity index (χ2n) is 8.25. The SMILES string of the molecule is CC(C)C1CC(C2CCN(C(=O)CCn3nnc4ccccc43)CC2)NN1. The molecule has 0 spiro atoms. The number of para-hydroxylation sites is 1. The number of carbonyl (C=O) groups is 1. The van der Waals surface area contributed by atoms with Gasteiger partial charge in [0.15, 0.2) is 0 Å². The molecule has 7 heteroatoms. The van der Waals surface area contributed by atoms with Gasteiger partial charge in [0.1, 0.15) is 5.52 Å². The molecule has 0 saturated carbocycles. The van der Waals surface area contributed by atoms with Gasteiger partial charge in [-0.15, -0.1) is 5.10 Å². The second kappa shape index (κ2) is 7.94. The molecule has 2 saturated heterocycles. The van der Waals surface area contributed by atoms with E-state index in [0.717, 1.165) is 37.0 Å². The van der Waals surface area contributed by atoms with Crippen LogP contribution in [-0.2, 0) is 11.3 Å². The minimum atomic E-state index is 0.227. The van der Waals surface area contributed by atoms with Gasteiger partial charge in [-0.05, 0) is 43.2 Å². The Hall–Kier alpha value is -1.99. The molecule has 0 radical (unpaired) electrons. The van der Waals surface area contributed by atoms with Gasteiger partial charge in [-0.25, -0.2) is 4.68 Å². The molecule has 2 aliphatic rings. The number of hydrazine groups is 1. The molecule has 2 fully saturated rings. The van der Waals surface area contributed by atoms with Crippen LogP contribution in [0.5, 0.6) is 0 Å². The maximum absolute atomic E-state index is 12.6. The molecule has 2 unspecified atom stereocenters. The normalized spacial score (nSPS) is 24.2. The molecule has 1 aromatic heterocycles. The molecule has 2 aromatic rings. The lowest BCUT2D eigenvalue weighted by atomic mass is 9.85. The number of hydrogen-bond donors (Lipinski definition) is 2. The van der Waals surface area contributed by atoms with Crippen molar-refractivity contribution < 1.29 is 4.79 Å². The van der Waals surface area contributed by atoms with E-state index in [0.29, 0.717) is 36.9 Å². The van der Waals surface area contributed by atoms with Gasteiger partial charge in [0.25, 0.3) is 0 Å². The summed E-state index contributed by atoms with van der Waals surface area (Å²) in [5.41, 5.74) is 8.80. The number of nitrogens with one attached hydrogen (secondary N) is 2. The maximum Gasteiger partial charge on any atom is 0.224 e. The van der Waals surface area contributed by atoms with Gasteiger partial charge < -0.3 is 4.90 Å². The van der Waals surface area contributed by atoms with Crippen molar-refractivity contribution in [2.45, 2.75) is 58.2 Å². The number of aryl methyl sites for hydroxylation is 1. The molecule has 1 aromatic carbocycles. The van der Waals surface area contributed by atoms with E-state index in [1.807, 2.05) is 33.8 Å². The molecule has 146 valence electrons. The van der Waals surface area contributed by atoms with Gasteiger partial charge in [0.2, 0.25) is 5.91 Å². The summed E-state index contributed by atoms with van der Waals surface area (Å²) in [7, 11) is 0. The number of benzene rings is 1. The second-order valence-corrected chi connectivity index (χ2v) is 8.25. The molecule has 0 aliphatic carbocycles. The quantitative estimate of drug-likeness (QED) is 0.841. The smallest absolute Gasteiger partial charge is 0.224 e. The fourth-order valence-corrected chi connectivity index (χ4v) is 4.35. The largest absolute Gasteiger partial charge is 0.343 e. The van der Waals surface area contributed by atoms with Crippen molar-refractivity contribution in [1.29, 1.82) is 0 Å². The minimum Gasteiger partial charge on any atom is -0.343 e. The lowest BCUT2D eigenvalue weighted by Gasteiger charge is -2.34. The van der Waals surface area contributed by atoms with Crippen LogP contribution in [0.15, 0.2) is 24.3 Å². The summed E-state index contributed by atoms with van der Waals surface area (Å²) < 4.78 is 1.83. The van der Waals surface area contributed by atoms with Gasteiger partial charge in [0.05, 0.1) is 12.1 Å². The zero-order valence-electron chi connectivity index (χ0n) is 16.3. The first-order chi connectivity index (χ1) is 13.1. The highest BCUT2D eigenvalue weighted by Crippen LogP contribution is 2.27. The van der Waals surface area contributed by atoms with Crippen LogP contribution in [0.1, 0.15) is 39.5 Å². The Balaban J connectivity index is 1.25. The molecule has 2 atom stereocenters. The first-order valence-electron chi connectivity index (χ1n) is 10.2. The van der Waals surface area contributed by atoms with E-state index >= 15 is 0 Å². The Kier molecular flexibility index (Phi) is 5.41. The highest BCUT2D eigenvalue weighted by Gasteiger charge is 2.34. The van der Waals surface area contributed by atoms with E-state index in [4.69, 9.17) is 0 Å². The maximum atomic E-state index is 12.6. The number of carbonyl (C=O) groups excluding carboxylic acids is 1. The summed E-state index contributed by atoms with van der Waals surface area (Å²) in [4.78, 5) is 14.7. The van der Waals surface area contributed by atoms with E-state index in [-0.39, 0.29) is 5.91 Å². The van der Waals surface area contributed by atoms with E-state index in [1.54, 1.807) is 0 Å². The minimum absolute atomic E-state index is 0.227. The third-order valence-corrected chi connectivity index (χ3v) is 6.19. The summed E-state index contributed by atoms with van der Waals surface area (Å²) in [5.74, 6) is 1.53. The van der Waals surface area contributed by atoms with Crippen molar-refractivity contribution in [2.75, 3.05) is 13.1 Å². The molecule has 2 N–H and O–H groups in total. The van der Waals surface area contributed by atoms with Crippen LogP contribution in [0.25, 0.3) is 11.0 Å². The molecule has 0 bridgehead atoms. The number of nitrogens with zero attached hydrogens (tertiary/aromatic N) is 4. The highest BCUT2D eigenvalue weighted by molar-refractivity contribution is 5.77. The Morgan fingerprint density at radius 1 is 1.22 bits per heavy atom. The topological polar surface area (TPSA) is 75.1 Å². The van der Waals surface area contributed by atoms with Crippen LogP contribution in [0.4, 0.5) is 0 Å². The lowest BCUT2D eigenvalue weighted by molar-refractivity contribution is -0.133. The average molecular weight is 371 g/mol. The van der Waals surface area contributed by atoms with Crippen molar-refractivity contribution >= 4 is 16.9 Å². The fourth-order valence-electron chi connectivity index (χ4n) is 4.35. The average Bonchev–Trinajstić information content (AvgIpc) is 3.34.